The van der Waals surface area contributed by atoms with E-state index in [-0.39, 0.29) is 23.7 Å². The van der Waals surface area contributed by atoms with Gasteiger partial charge in [0.1, 0.15) is 11.4 Å². The predicted octanol–water partition coefficient (Wildman–Crippen LogP) is 1.68. The van der Waals surface area contributed by atoms with E-state index >= 15 is 0 Å². The largest absolute Gasteiger partial charge is 0.485 e. The molecule has 0 radical (unpaired) electrons. The number of carbonyl (C=O) groups is 1. The Kier molecular flexibility index (Phi) is 1.73. The van der Waals surface area contributed by atoms with Crippen molar-refractivity contribution < 1.29 is 22.7 Å². The summed E-state index contributed by atoms with van der Waals surface area (Å²) >= 11 is 0. The van der Waals surface area contributed by atoms with E-state index in [2.05, 4.69) is 4.98 Å². The second-order valence-electron chi connectivity index (χ2n) is 2.78. The highest BCUT2D eigenvalue weighted by molar-refractivity contribution is 6.01. The fourth-order valence-corrected chi connectivity index (χ4v) is 1.14. The molecule has 0 atom stereocenters. The van der Waals surface area contributed by atoms with Gasteiger partial charge >= 0.3 is 6.18 Å². The summed E-state index contributed by atoms with van der Waals surface area (Å²) in [4.78, 5) is 14.1. The van der Waals surface area contributed by atoms with Gasteiger partial charge < -0.3 is 4.74 Å². The minimum absolute atomic E-state index is 0.0441. The van der Waals surface area contributed by atoms with E-state index in [1.807, 2.05) is 0 Å². The number of hydrogen-bond donors (Lipinski definition) is 0. The second-order valence-corrected chi connectivity index (χ2v) is 2.78. The molecule has 2 heterocycles. The van der Waals surface area contributed by atoms with Crippen molar-refractivity contribution in [3.63, 3.8) is 0 Å². The molecule has 0 N–H and O–H groups in total. The average Bonchev–Trinajstić information content (AvgIpc) is 2.46. The van der Waals surface area contributed by atoms with E-state index in [1.165, 1.54) is 0 Å². The molecule has 0 saturated heterocycles. The number of rotatable bonds is 0. The molecule has 0 bridgehead atoms. The molecule has 0 fully saturated rings. The number of alkyl halides is 3. The van der Waals surface area contributed by atoms with Crippen molar-refractivity contribution in [3.05, 3.63) is 23.5 Å². The van der Waals surface area contributed by atoms with Crippen molar-refractivity contribution in [2.75, 3.05) is 6.61 Å². The smallest absolute Gasteiger partial charge is 0.433 e. The molecule has 14 heavy (non-hydrogen) atoms. The third-order valence-electron chi connectivity index (χ3n) is 1.82. The minimum atomic E-state index is -4.51. The van der Waals surface area contributed by atoms with Crippen LogP contribution in [0.5, 0.6) is 5.75 Å². The van der Waals surface area contributed by atoms with Crippen LogP contribution in [0.3, 0.4) is 0 Å². The van der Waals surface area contributed by atoms with E-state index in [9.17, 15) is 18.0 Å². The Balaban J connectivity index is 2.47. The van der Waals surface area contributed by atoms with Crippen molar-refractivity contribution in [2.45, 2.75) is 6.18 Å². The topological polar surface area (TPSA) is 39.2 Å². The molecule has 1 aromatic rings. The maximum absolute atomic E-state index is 12.2. The van der Waals surface area contributed by atoms with Gasteiger partial charge in [-0.1, -0.05) is 0 Å². The molecule has 6 heteroatoms. The summed E-state index contributed by atoms with van der Waals surface area (Å²) < 4.78 is 41.2. The molecule has 2 rings (SSSR count). The summed E-state index contributed by atoms with van der Waals surface area (Å²) in [7, 11) is 0. The van der Waals surface area contributed by atoms with Crippen molar-refractivity contribution in [2.24, 2.45) is 0 Å². The highest BCUT2D eigenvalue weighted by Crippen LogP contribution is 2.33. The molecule has 1 aromatic heterocycles. The first-order valence-corrected chi connectivity index (χ1v) is 3.72. The SMILES string of the molecule is O=C1COc2cc(C(F)(F)F)ncc21. The lowest BCUT2D eigenvalue weighted by Gasteiger charge is -2.05. The van der Waals surface area contributed by atoms with Crippen LogP contribution in [-0.4, -0.2) is 17.4 Å². The summed E-state index contributed by atoms with van der Waals surface area (Å²) in [6.07, 6.45) is -3.61. The van der Waals surface area contributed by atoms with Gasteiger partial charge in [-0.25, -0.2) is 0 Å². The minimum Gasteiger partial charge on any atom is -0.485 e. The van der Waals surface area contributed by atoms with Crippen molar-refractivity contribution >= 4 is 5.78 Å². The van der Waals surface area contributed by atoms with Crippen LogP contribution in [0, 0.1) is 0 Å². The van der Waals surface area contributed by atoms with Gasteiger partial charge in [-0.2, -0.15) is 13.2 Å². The number of aromatic nitrogens is 1. The fourth-order valence-electron chi connectivity index (χ4n) is 1.14. The van der Waals surface area contributed by atoms with E-state index in [0.29, 0.717) is 0 Å². The number of fused-ring (bicyclic) bond motifs is 1. The quantitative estimate of drug-likeness (QED) is 0.643. The molecule has 3 nitrogen and oxygen atoms in total. The highest BCUT2D eigenvalue weighted by atomic mass is 19.4. The van der Waals surface area contributed by atoms with Crippen LogP contribution in [0.25, 0.3) is 0 Å². The maximum atomic E-state index is 12.2. The average molecular weight is 203 g/mol. The zero-order chi connectivity index (χ0) is 10.3. The van der Waals surface area contributed by atoms with Gasteiger partial charge in [0.05, 0.1) is 5.56 Å². The molecule has 0 aliphatic carbocycles. The Hall–Kier alpha value is -1.59. The molecular weight excluding hydrogens is 199 g/mol. The summed E-state index contributed by atoms with van der Waals surface area (Å²) in [6, 6.07) is 0.736. The molecule has 0 aromatic carbocycles. The van der Waals surface area contributed by atoms with Crippen LogP contribution in [0.1, 0.15) is 16.1 Å². The van der Waals surface area contributed by atoms with E-state index in [1.54, 1.807) is 0 Å². The zero-order valence-corrected chi connectivity index (χ0v) is 6.76. The van der Waals surface area contributed by atoms with Crippen LogP contribution in [0.2, 0.25) is 0 Å². The highest BCUT2D eigenvalue weighted by Gasteiger charge is 2.35. The van der Waals surface area contributed by atoms with Gasteiger partial charge in [0, 0.05) is 12.3 Å². The Morgan fingerprint density at radius 2 is 2.14 bits per heavy atom. The van der Waals surface area contributed by atoms with E-state index in [4.69, 9.17) is 4.74 Å². The molecule has 0 unspecified atom stereocenters. The van der Waals surface area contributed by atoms with Crippen LogP contribution in [0.15, 0.2) is 12.3 Å². The number of ketones is 1. The van der Waals surface area contributed by atoms with Gasteiger partial charge in [0.25, 0.3) is 0 Å². The number of hydrogen-bond acceptors (Lipinski definition) is 3. The molecule has 1 aliphatic rings. The first-order chi connectivity index (χ1) is 6.48. The normalized spacial score (nSPS) is 15.2. The lowest BCUT2D eigenvalue weighted by atomic mass is 10.2. The Morgan fingerprint density at radius 3 is 2.79 bits per heavy atom. The number of Topliss-reactive ketones (excluding diaryl/α,β-unsaturated/α-hetero) is 1. The molecule has 0 amide bonds. The molecule has 1 aliphatic heterocycles. The lowest BCUT2D eigenvalue weighted by molar-refractivity contribution is -0.141. The number of ether oxygens (including phenoxy) is 1. The van der Waals surface area contributed by atoms with E-state index in [0.717, 1.165) is 12.3 Å². The van der Waals surface area contributed by atoms with Gasteiger partial charge in [0.2, 0.25) is 5.78 Å². The maximum Gasteiger partial charge on any atom is 0.433 e. The van der Waals surface area contributed by atoms with Crippen LogP contribution >= 0.6 is 0 Å². The van der Waals surface area contributed by atoms with Crippen LogP contribution in [-0.2, 0) is 6.18 Å². The van der Waals surface area contributed by atoms with Gasteiger partial charge in [0.15, 0.2) is 6.61 Å². The number of pyridine rings is 1. The molecule has 0 spiro atoms. The van der Waals surface area contributed by atoms with Crippen LogP contribution in [0.4, 0.5) is 13.2 Å². The monoisotopic (exact) mass is 203 g/mol. The van der Waals surface area contributed by atoms with Crippen molar-refractivity contribution in [3.8, 4) is 5.75 Å². The van der Waals surface area contributed by atoms with Gasteiger partial charge in [-0.15, -0.1) is 0 Å². The number of nitrogens with zero attached hydrogens (tertiary/aromatic N) is 1. The Morgan fingerprint density at radius 1 is 1.43 bits per heavy atom. The standard InChI is InChI=1S/C8H4F3NO2/c9-8(10,11)7-1-6-4(2-12-7)5(13)3-14-6/h1-2H,3H2. The summed E-state index contributed by atoms with van der Waals surface area (Å²) in [5.41, 5.74) is -0.941. The Bertz CT molecular complexity index is 400. The van der Waals surface area contributed by atoms with Gasteiger partial charge in [-0.3, -0.25) is 9.78 Å². The first kappa shape index (κ1) is 8.98. The summed E-state index contributed by atoms with van der Waals surface area (Å²) in [6.45, 7) is -0.210. The first-order valence-electron chi connectivity index (χ1n) is 3.72. The number of carbonyl (C=O) groups excluding carboxylic acids is 1. The predicted molar refractivity (Wildman–Crippen MR) is 39.1 cm³/mol. The molecule has 74 valence electrons. The molecular formula is C8H4F3NO2. The Labute approximate surface area is 76.5 Å². The van der Waals surface area contributed by atoms with Crippen molar-refractivity contribution in [1.82, 2.24) is 4.98 Å². The number of halogens is 3. The third-order valence-corrected chi connectivity index (χ3v) is 1.82. The van der Waals surface area contributed by atoms with E-state index < -0.39 is 11.9 Å². The summed E-state index contributed by atoms with van der Waals surface area (Å²) in [5.74, 6) is -0.390. The molecule has 0 saturated carbocycles. The van der Waals surface area contributed by atoms with Crippen LogP contribution < -0.4 is 4.74 Å². The fraction of sp³-hybridized carbons (Fsp3) is 0.250. The second kappa shape index (κ2) is 2.70. The van der Waals surface area contributed by atoms with Gasteiger partial charge in [-0.05, 0) is 0 Å². The third kappa shape index (κ3) is 1.32. The van der Waals surface area contributed by atoms with Crippen molar-refractivity contribution in [1.29, 1.82) is 0 Å². The zero-order valence-electron chi connectivity index (χ0n) is 6.76. The lowest BCUT2D eigenvalue weighted by Crippen LogP contribution is -2.07. The summed E-state index contributed by atoms with van der Waals surface area (Å²) in [5, 5.41) is 0.